The highest BCUT2D eigenvalue weighted by atomic mass is 16.5. The molecule has 2 rings (SSSR count). The van der Waals surface area contributed by atoms with Crippen molar-refractivity contribution in [3.63, 3.8) is 0 Å². The van der Waals surface area contributed by atoms with Crippen LogP contribution in [0.25, 0.3) is 0 Å². The molecule has 5 nitrogen and oxygen atoms in total. The van der Waals surface area contributed by atoms with Crippen LogP contribution in [0.3, 0.4) is 0 Å². The van der Waals surface area contributed by atoms with Gasteiger partial charge < -0.3 is 9.84 Å². The molecule has 94 valence electrons. The van der Waals surface area contributed by atoms with Gasteiger partial charge in [-0.05, 0) is 18.8 Å². The van der Waals surface area contributed by atoms with E-state index in [2.05, 4.69) is 5.10 Å². The number of rotatable bonds is 5. The third-order valence-corrected chi connectivity index (χ3v) is 3.36. The highest BCUT2D eigenvalue weighted by molar-refractivity contribution is 5.88. The summed E-state index contributed by atoms with van der Waals surface area (Å²) in [5.41, 5.74) is 0.870. The molecular formula is C12H18N2O3. The average Bonchev–Trinajstić information content (AvgIpc) is 2.89. The van der Waals surface area contributed by atoms with Gasteiger partial charge in [0.15, 0.2) is 0 Å². The summed E-state index contributed by atoms with van der Waals surface area (Å²) in [6, 6.07) is 0. The van der Waals surface area contributed by atoms with Gasteiger partial charge >= 0.3 is 5.97 Å². The van der Waals surface area contributed by atoms with Gasteiger partial charge in [-0.25, -0.2) is 4.79 Å². The lowest BCUT2D eigenvalue weighted by Crippen LogP contribution is -2.10. The van der Waals surface area contributed by atoms with Gasteiger partial charge in [-0.3, -0.25) is 4.68 Å². The number of aromatic carboxylic acids is 1. The number of nitrogens with zero attached hydrogens (tertiary/aromatic N) is 2. The molecule has 1 N–H and O–H groups in total. The fraction of sp³-hybridized carbons (Fsp3) is 0.667. The lowest BCUT2D eigenvalue weighted by atomic mass is 10.1. The van der Waals surface area contributed by atoms with E-state index in [1.807, 2.05) is 0 Å². The fourth-order valence-corrected chi connectivity index (χ4v) is 2.31. The molecule has 5 heteroatoms. The van der Waals surface area contributed by atoms with Gasteiger partial charge in [-0.15, -0.1) is 0 Å². The van der Waals surface area contributed by atoms with Crippen molar-refractivity contribution < 1.29 is 14.6 Å². The van der Waals surface area contributed by atoms with Gasteiger partial charge in [0.1, 0.15) is 5.56 Å². The summed E-state index contributed by atoms with van der Waals surface area (Å²) in [6.45, 7) is 1.05. The molecule has 0 aromatic carbocycles. The Bertz CT molecular complexity index is 394. The number of carboxylic acid groups (broad SMARTS) is 1. The Kier molecular flexibility index (Phi) is 3.78. The first-order valence-electron chi connectivity index (χ1n) is 6.00. The van der Waals surface area contributed by atoms with Gasteiger partial charge in [0.2, 0.25) is 0 Å². The van der Waals surface area contributed by atoms with Gasteiger partial charge in [0.05, 0.1) is 18.5 Å². The van der Waals surface area contributed by atoms with Gasteiger partial charge in [0, 0.05) is 13.7 Å². The van der Waals surface area contributed by atoms with Gasteiger partial charge in [0.25, 0.3) is 0 Å². The van der Waals surface area contributed by atoms with Crippen LogP contribution in [0.2, 0.25) is 0 Å². The predicted octanol–water partition coefficient (Wildman–Crippen LogP) is 1.83. The number of aromatic nitrogens is 2. The largest absolute Gasteiger partial charge is 0.478 e. The molecule has 1 heterocycles. The third-order valence-electron chi connectivity index (χ3n) is 3.36. The van der Waals surface area contributed by atoms with E-state index in [-0.39, 0.29) is 5.56 Å². The van der Waals surface area contributed by atoms with E-state index in [0.717, 1.165) is 6.61 Å². The first-order chi connectivity index (χ1) is 8.18. The maximum Gasteiger partial charge on any atom is 0.339 e. The van der Waals surface area contributed by atoms with Crippen molar-refractivity contribution in [3.05, 3.63) is 17.5 Å². The summed E-state index contributed by atoms with van der Waals surface area (Å²) in [5, 5.41) is 12.9. The van der Waals surface area contributed by atoms with E-state index in [0.29, 0.717) is 18.2 Å². The lowest BCUT2D eigenvalue weighted by molar-refractivity contribution is 0.0671. The molecule has 0 amide bonds. The number of carbonyl (C=O) groups is 1. The van der Waals surface area contributed by atoms with Crippen LogP contribution in [0.5, 0.6) is 0 Å². The van der Waals surface area contributed by atoms with E-state index < -0.39 is 5.97 Å². The minimum absolute atomic E-state index is 0.235. The Morgan fingerprint density at radius 1 is 1.59 bits per heavy atom. The van der Waals surface area contributed by atoms with Crippen molar-refractivity contribution in [3.8, 4) is 0 Å². The van der Waals surface area contributed by atoms with Crippen LogP contribution in [0.1, 0.15) is 41.7 Å². The summed E-state index contributed by atoms with van der Waals surface area (Å²) >= 11 is 0. The quantitative estimate of drug-likeness (QED) is 0.849. The molecule has 1 aliphatic rings. The Morgan fingerprint density at radius 3 is 2.94 bits per heavy atom. The molecule has 17 heavy (non-hydrogen) atoms. The maximum atomic E-state index is 10.9. The van der Waals surface area contributed by atoms with Crippen molar-refractivity contribution in [2.45, 2.75) is 32.3 Å². The van der Waals surface area contributed by atoms with Gasteiger partial charge in [-0.1, -0.05) is 12.8 Å². The summed E-state index contributed by atoms with van der Waals surface area (Å²) in [7, 11) is 1.74. The smallest absolute Gasteiger partial charge is 0.339 e. The molecule has 0 bridgehead atoms. The Labute approximate surface area is 100 Å². The van der Waals surface area contributed by atoms with Crippen molar-refractivity contribution in [1.29, 1.82) is 0 Å². The Balaban J connectivity index is 1.89. The molecule has 0 atom stereocenters. The van der Waals surface area contributed by atoms with Crippen LogP contribution in [-0.2, 0) is 18.4 Å². The molecule has 0 spiro atoms. The van der Waals surface area contributed by atoms with Gasteiger partial charge in [-0.2, -0.15) is 5.10 Å². The molecule has 0 aliphatic heterocycles. The van der Waals surface area contributed by atoms with Crippen LogP contribution in [0.15, 0.2) is 6.20 Å². The molecule has 1 saturated carbocycles. The molecule has 1 aromatic heterocycles. The standard InChI is InChI=1S/C12H18N2O3/c1-14-11(10(6-13-14)12(15)16)8-17-7-9-4-2-3-5-9/h6,9H,2-5,7-8H2,1H3,(H,15,16). The number of carboxylic acids is 1. The Hall–Kier alpha value is -1.36. The minimum atomic E-state index is -0.947. The average molecular weight is 238 g/mol. The number of aryl methyl sites for hydroxylation is 1. The SMILES string of the molecule is Cn1ncc(C(=O)O)c1COCC1CCCC1. The molecule has 0 unspecified atom stereocenters. The second-order valence-electron chi connectivity index (χ2n) is 4.60. The van der Waals surface area contributed by atoms with E-state index in [9.17, 15) is 4.79 Å². The zero-order chi connectivity index (χ0) is 12.3. The maximum absolute atomic E-state index is 10.9. The topological polar surface area (TPSA) is 64.4 Å². The summed E-state index contributed by atoms with van der Waals surface area (Å²) < 4.78 is 7.18. The minimum Gasteiger partial charge on any atom is -0.478 e. The van der Waals surface area contributed by atoms with Crippen LogP contribution >= 0.6 is 0 Å². The molecule has 0 radical (unpaired) electrons. The Morgan fingerprint density at radius 2 is 2.29 bits per heavy atom. The van der Waals surface area contributed by atoms with Crippen LogP contribution in [0, 0.1) is 5.92 Å². The van der Waals surface area contributed by atoms with E-state index in [1.165, 1.54) is 31.9 Å². The first-order valence-corrected chi connectivity index (χ1v) is 6.00. The van der Waals surface area contributed by atoms with Crippen molar-refractivity contribution >= 4 is 5.97 Å². The van der Waals surface area contributed by atoms with Crippen molar-refractivity contribution in [2.24, 2.45) is 13.0 Å². The van der Waals surface area contributed by atoms with E-state index in [1.54, 1.807) is 11.7 Å². The normalized spacial score (nSPS) is 16.5. The summed E-state index contributed by atoms with van der Waals surface area (Å²) in [6.07, 6.45) is 6.42. The fourth-order valence-electron chi connectivity index (χ4n) is 2.31. The second-order valence-corrected chi connectivity index (χ2v) is 4.60. The zero-order valence-electron chi connectivity index (χ0n) is 10.1. The third kappa shape index (κ3) is 2.85. The predicted molar refractivity (Wildman–Crippen MR) is 61.8 cm³/mol. The lowest BCUT2D eigenvalue weighted by Gasteiger charge is -2.10. The zero-order valence-corrected chi connectivity index (χ0v) is 10.1. The van der Waals surface area contributed by atoms with Crippen molar-refractivity contribution in [2.75, 3.05) is 6.61 Å². The number of hydrogen-bond donors (Lipinski definition) is 1. The van der Waals surface area contributed by atoms with Crippen LogP contribution in [0.4, 0.5) is 0 Å². The van der Waals surface area contributed by atoms with E-state index >= 15 is 0 Å². The molecule has 1 fully saturated rings. The molecular weight excluding hydrogens is 220 g/mol. The van der Waals surface area contributed by atoms with Crippen LogP contribution < -0.4 is 0 Å². The highest BCUT2D eigenvalue weighted by Crippen LogP contribution is 2.25. The summed E-state index contributed by atoms with van der Waals surface area (Å²) in [4.78, 5) is 10.9. The first kappa shape index (κ1) is 12.1. The monoisotopic (exact) mass is 238 g/mol. The second kappa shape index (κ2) is 5.31. The molecule has 1 aromatic rings. The molecule has 0 saturated heterocycles. The number of hydrogen-bond acceptors (Lipinski definition) is 3. The van der Waals surface area contributed by atoms with E-state index in [4.69, 9.17) is 9.84 Å². The molecule has 1 aliphatic carbocycles. The van der Waals surface area contributed by atoms with Crippen LogP contribution in [-0.4, -0.2) is 27.5 Å². The highest BCUT2D eigenvalue weighted by Gasteiger charge is 2.18. The van der Waals surface area contributed by atoms with Crippen molar-refractivity contribution in [1.82, 2.24) is 9.78 Å². The number of ether oxygens (including phenoxy) is 1. The summed E-state index contributed by atoms with van der Waals surface area (Å²) in [5.74, 6) is -0.297.